The van der Waals surface area contributed by atoms with E-state index in [9.17, 15) is 13.2 Å². The molecular formula is C20H16ClN3O5S. The van der Waals surface area contributed by atoms with Crippen molar-refractivity contribution in [3.05, 3.63) is 65.9 Å². The van der Waals surface area contributed by atoms with E-state index in [4.69, 9.17) is 21.1 Å². The number of hydrogen-bond acceptors (Lipinski definition) is 6. The van der Waals surface area contributed by atoms with Crippen LogP contribution in [0.3, 0.4) is 0 Å². The van der Waals surface area contributed by atoms with Crippen LogP contribution in [0.1, 0.15) is 18.5 Å². The number of aryl methyl sites for hydroxylation is 1. The van der Waals surface area contributed by atoms with Crippen LogP contribution in [0.4, 0.5) is 0 Å². The van der Waals surface area contributed by atoms with Crippen molar-refractivity contribution in [2.24, 2.45) is 0 Å². The molecule has 0 aliphatic carbocycles. The van der Waals surface area contributed by atoms with Crippen molar-refractivity contribution in [1.82, 2.24) is 13.9 Å². The van der Waals surface area contributed by atoms with Crippen LogP contribution in [-0.2, 0) is 21.2 Å². The second kappa shape index (κ2) is 7.92. The lowest BCUT2D eigenvalue weighted by Crippen LogP contribution is -2.16. The molecule has 154 valence electrons. The minimum atomic E-state index is -3.96. The minimum Gasteiger partial charge on any atom is -0.481 e. The van der Waals surface area contributed by atoms with Crippen molar-refractivity contribution in [3.63, 3.8) is 0 Å². The molecule has 0 aliphatic rings. The van der Waals surface area contributed by atoms with E-state index in [1.54, 1.807) is 30.5 Å². The maximum absolute atomic E-state index is 13.5. The molecule has 0 saturated heterocycles. The maximum atomic E-state index is 13.5. The molecule has 4 rings (SSSR count). The summed E-state index contributed by atoms with van der Waals surface area (Å²) in [5.41, 5.74) is 1.94. The van der Waals surface area contributed by atoms with Crippen molar-refractivity contribution in [2.45, 2.75) is 24.2 Å². The van der Waals surface area contributed by atoms with E-state index in [0.717, 1.165) is 0 Å². The van der Waals surface area contributed by atoms with E-state index >= 15 is 0 Å². The van der Waals surface area contributed by atoms with Gasteiger partial charge in [0, 0.05) is 17.7 Å². The summed E-state index contributed by atoms with van der Waals surface area (Å²) >= 11 is 5.96. The monoisotopic (exact) mass is 445 g/mol. The van der Waals surface area contributed by atoms with Crippen LogP contribution in [0.25, 0.3) is 22.4 Å². The molecule has 1 aromatic carbocycles. The molecule has 8 nitrogen and oxygen atoms in total. The number of carboxylic acid groups (broad SMARTS) is 1. The van der Waals surface area contributed by atoms with Gasteiger partial charge in [-0.05, 0) is 55.3 Å². The second-order valence-corrected chi connectivity index (χ2v) is 8.75. The first-order valence-corrected chi connectivity index (χ1v) is 10.8. The number of halogens is 1. The highest BCUT2D eigenvalue weighted by molar-refractivity contribution is 7.90. The van der Waals surface area contributed by atoms with Crippen LogP contribution in [-0.4, -0.2) is 33.4 Å². The summed E-state index contributed by atoms with van der Waals surface area (Å²) in [7, 11) is -3.96. The third kappa shape index (κ3) is 3.81. The number of oxazole rings is 1. The van der Waals surface area contributed by atoms with Gasteiger partial charge in [-0.1, -0.05) is 11.6 Å². The first kappa shape index (κ1) is 20.1. The smallest absolute Gasteiger partial charge is 0.303 e. The predicted molar refractivity (Wildman–Crippen MR) is 110 cm³/mol. The van der Waals surface area contributed by atoms with Crippen LogP contribution < -0.4 is 0 Å². The van der Waals surface area contributed by atoms with Gasteiger partial charge >= 0.3 is 5.97 Å². The Bertz CT molecular complexity index is 1310. The van der Waals surface area contributed by atoms with Crippen molar-refractivity contribution >= 4 is 38.6 Å². The third-order valence-electron chi connectivity index (χ3n) is 4.58. The third-order valence-corrected chi connectivity index (χ3v) is 6.57. The quantitative estimate of drug-likeness (QED) is 0.427. The van der Waals surface area contributed by atoms with Gasteiger partial charge in [0.15, 0.2) is 12.2 Å². The molecule has 10 heteroatoms. The number of hydrogen-bond donors (Lipinski definition) is 1. The molecule has 0 unspecified atom stereocenters. The van der Waals surface area contributed by atoms with Crippen LogP contribution in [0.2, 0.25) is 5.15 Å². The fourth-order valence-electron chi connectivity index (χ4n) is 3.23. The zero-order valence-corrected chi connectivity index (χ0v) is 17.1. The molecule has 0 spiro atoms. The van der Waals surface area contributed by atoms with Crippen LogP contribution >= 0.6 is 11.6 Å². The molecule has 0 saturated carbocycles. The highest BCUT2D eigenvalue weighted by Gasteiger charge is 2.24. The first-order chi connectivity index (χ1) is 14.4. The number of pyridine rings is 1. The highest BCUT2D eigenvalue weighted by Crippen LogP contribution is 2.28. The van der Waals surface area contributed by atoms with Gasteiger partial charge in [0.1, 0.15) is 5.15 Å². The number of aliphatic carboxylic acids is 1. The van der Waals surface area contributed by atoms with Gasteiger partial charge in [0.05, 0.1) is 22.1 Å². The largest absolute Gasteiger partial charge is 0.481 e. The zero-order chi connectivity index (χ0) is 21.3. The van der Waals surface area contributed by atoms with E-state index in [0.29, 0.717) is 34.5 Å². The summed E-state index contributed by atoms with van der Waals surface area (Å²) in [6.07, 6.45) is 3.32. The number of fused-ring (bicyclic) bond motifs is 1. The standard InChI is InChI=1S/C20H16ClN3O5S/c21-19-9-8-17-16(23-19)10-14(2-1-3-20(25)26)24(17)30(27,28)15-6-4-13(5-7-15)18-11-22-12-29-18/h4-12H,1-3H2,(H,25,26). The summed E-state index contributed by atoms with van der Waals surface area (Å²) in [5, 5.41) is 9.15. The lowest BCUT2D eigenvalue weighted by atomic mass is 10.2. The summed E-state index contributed by atoms with van der Waals surface area (Å²) in [4.78, 5) is 19.0. The van der Waals surface area contributed by atoms with E-state index in [1.807, 2.05) is 0 Å². The molecule has 3 heterocycles. The SMILES string of the molecule is O=C(O)CCCc1cc2nc(Cl)ccc2n1S(=O)(=O)c1ccc(-c2cnco2)cc1. The van der Waals surface area contributed by atoms with Gasteiger partial charge in [-0.2, -0.15) is 0 Å². The molecular weight excluding hydrogens is 430 g/mol. The Hall–Kier alpha value is -3.17. The summed E-state index contributed by atoms with van der Waals surface area (Å²) in [6, 6.07) is 11.0. The fraction of sp³-hybridized carbons (Fsp3) is 0.150. The Morgan fingerprint density at radius 1 is 1.17 bits per heavy atom. The van der Waals surface area contributed by atoms with Gasteiger partial charge in [0.25, 0.3) is 10.0 Å². The summed E-state index contributed by atoms with van der Waals surface area (Å²) < 4.78 is 33.4. The van der Waals surface area contributed by atoms with Crippen LogP contribution in [0, 0.1) is 0 Å². The Morgan fingerprint density at radius 2 is 1.93 bits per heavy atom. The average molecular weight is 446 g/mol. The maximum Gasteiger partial charge on any atom is 0.303 e. The lowest BCUT2D eigenvalue weighted by molar-refractivity contribution is -0.137. The minimum absolute atomic E-state index is 0.0678. The van der Waals surface area contributed by atoms with Gasteiger partial charge in [0.2, 0.25) is 0 Å². The van der Waals surface area contributed by atoms with Crippen molar-refractivity contribution < 1.29 is 22.7 Å². The molecule has 4 aromatic rings. The lowest BCUT2D eigenvalue weighted by Gasteiger charge is -2.12. The van der Waals surface area contributed by atoms with Crippen molar-refractivity contribution in [1.29, 1.82) is 0 Å². The van der Waals surface area contributed by atoms with Crippen LogP contribution in [0.5, 0.6) is 0 Å². The molecule has 0 amide bonds. The Balaban J connectivity index is 1.78. The predicted octanol–water partition coefficient (Wildman–Crippen LogP) is 3.99. The Kier molecular flexibility index (Phi) is 5.31. The fourth-order valence-corrected chi connectivity index (χ4v) is 4.94. The molecule has 30 heavy (non-hydrogen) atoms. The number of rotatable bonds is 7. The molecule has 0 bridgehead atoms. The Morgan fingerprint density at radius 3 is 2.60 bits per heavy atom. The molecule has 0 fully saturated rings. The topological polar surface area (TPSA) is 115 Å². The second-order valence-electron chi connectivity index (χ2n) is 6.58. The van der Waals surface area contributed by atoms with Gasteiger partial charge in [-0.3, -0.25) is 4.79 Å². The number of carbonyl (C=O) groups is 1. The van der Waals surface area contributed by atoms with E-state index < -0.39 is 16.0 Å². The van der Waals surface area contributed by atoms with Crippen molar-refractivity contribution in [2.75, 3.05) is 0 Å². The number of benzene rings is 1. The summed E-state index contributed by atoms with van der Waals surface area (Å²) in [5.74, 6) is -0.414. The van der Waals surface area contributed by atoms with Gasteiger partial charge in [-0.25, -0.2) is 22.4 Å². The molecule has 3 aromatic heterocycles. The van der Waals surface area contributed by atoms with E-state index in [1.165, 1.54) is 28.6 Å². The normalized spacial score (nSPS) is 11.8. The van der Waals surface area contributed by atoms with Crippen molar-refractivity contribution in [3.8, 4) is 11.3 Å². The number of aromatic nitrogens is 3. The van der Waals surface area contributed by atoms with E-state index in [-0.39, 0.29) is 22.9 Å². The zero-order valence-electron chi connectivity index (χ0n) is 15.5. The number of carboxylic acids is 1. The van der Waals surface area contributed by atoms with Gasteiger partial charge in [-0.15, -0.1) is 0 Å². The molecule has 1 N–H and O–H groups in total. The summed E-state index contributed by atoms with van der Waals surface area (Å²) in [6.45, 7) is 0. The van der Waals surface area contributed by atoms with Gasteiger partial charge < -0.3 is 9.52 Å². The average Bonchev–Trinajstić information content (AvgIpc) is 3.35. The van der Waals surface area contributed by atoms with E-state index in [2.05, 4.69) is 9.97 Å². The molecule has 0 aliphatic heterocycles. The van der Waals surface area contributed by atoms with Crippen LogP contribution in [0.15, 0.2) is 64.4 Å². The molecule has 0 radical (unpaired) electrons. The Labute approximate surface area is 176 Å². The number of nitrogens with zero attached hydrogens (tertiary/aromatic N) is 3. The molecule has 0 atom stereocenters. The highest BCUT2D eigenvalue weighted by atomic mass is 35.5. The first-order valence-electron chi connectivity index (χ1n) is 8.99.